The molecular formula is C27H35BrO3. The van der Waals surface area contributed by atoms with Gasteiger partial charge >= 0.3 is 5.97 Å². The zero-order chi connectivity index (χ0) is 21.9. The molecule has 0 amide bonds. The van der Waals surface area contributed by atoms with Gasteiger partial charge in [0.15, 0.2) is 0 Å². The van der Waals surface area contributed by atoms with E-state index in [1.807, 2.05) is 24.3 Å². The average Bonchev–Trinajstić information content (AvgIpc) is 2.80. The van der Waals surface area contributed by atoms with Gasteiger partial charge in [-0.3, -0.25) is 0 Å². The van der Waals surface area contributed by atoms with Gasteiger partial charge in [-0.25, -0.2) is 4.79 Å². The number of ether oxygens (including phenoxy) is 2. The summed E-state index contributed by atoms with van der Waals surface area (Å²) in [4.78, 5) is 12.3. The van der Waals surface area contributed by atoms with E-state index in [1.54, 1.807) is 24.3 Å². The number of unbranched alkanes of at least 4 members (excludes halogenated alkanes) is 2. The molecule has 0 atom stereocenters. The van der Waals surface area contributed by atoms with Crippen LogP contribution < -0.4 is 9.47 Å². The van der Waals surface area contributed by atoms with Crippen LogP contribution in [-0.4, -0.2) is 12.6 Å². The highest BCUT2D eigenvalue weighted by Crippen LogP contribution is 2.34. The number of carbonyl (C=O) groups is 1. The molecule has 0 radical (unpaired) electrons. The second kappa shape index (κ2) is 12.9. The summed E-state index contributed by atoms with van der Waals surface area (Å²) in [6.45, 7) is 3.02. The van der Waals surface area contributed by atoms with Gasteiger partial charge in [-0.1, -0.05) is 74.2 Å². The Bertz CT molecular complexity index is 777. The van der Waals surface area contributed by atoms with E-state index >= 15 is 0 Å². The molecule has 168 valence electrons. The minimum Gasteiger partial charge on any atom is -0.494 e. The number of carbonyl (C=O) groups excluding carboxylic acids is 1. The molecule has 1 aliphatic carbocycles. The molecule has 1 aliphatic rings. The first-order chi connectivity index (χ1) is 15.1. The van der Waals surface area contributed by atoms with E-state index in [2.05, 4.69) is 22.9 Å². The van der Waals surface area contributed by atoms with Gasteiger partial charge in [0.05, 0.1) is 12.2 Å². The molecule has 2 aromatic rings. The predicted molar refractivity (Wildman–Crippen MR) is 130 cm³/mol. The molecular weight excluding hydrogens is 452 g/mol. The maximum atomic E-state index is 12.3. The SMILES string of the molecule is CCCCCC1CCC(CCCOc2ccc(C(=O)Oc3ccc(Br)cc3)cc2)CC1. The summed E-state index contributed by atoms with van der Waals surface area (Å²) >= 11 is 3.37. The molecule has 1 saturated carbocycles. The Hall–Kier alpha value is -1.81. The Balaban J connectivity index is 1.32. The van der Waals surface area contributed by atoms with E-state index in [0.717, 1.165) is 35.1 Å². The lowest BCUT2D eigenvalue weighted by molar-refractivity contribution is 0.0734. The number of benzene rings is 2. The van der Waals surface area contributed by atoms with Gasteiger partial charge in [-0.05, 0) is 73.2 Å². The topological polar surface area (TPSA) is 35.5 Å². The van der Waals surface area contributed by atoms with Crippen molar-refractivity contribution >= 4 is 21.9 Å². The smallest absolute Gasteiger partial charge is 0.343 e. The Morgan fingerprint density at radius 3 is 2.03 bits per heavy atom. The molecule has 0 unspecified atom stereocenters. The molecule has 1 fully saturated rings. The molecule has 3 nitrogen and oxygen atoms in total. The second-order valence-electron chi connectivity index (χ2n) is 8.74. The van der Waals surface area contributed by atoms with Crippen molar-refractivity contribution in [2.75, 3.05) is 6.61 Å². The van der Waals surface area contributed by atoms with E-state index in [-0.39, 0.29) is 5.97 Å². The normalized spacial score (nSPS) is 18.5. The fraction of sp³-hybridized carbons (Fsp3) is 0.519. The molecule has 0 heterocycles. The van der Waals surface area contributed by atoms with Crippen LogP contribution in [0.1, 0.15) is 81.5 Å². The summed E-state index contributed by atoms with van der Waals surface area (Å²) in [7, 11) is 0. The molecule has 2 aromatic carbocycles. The molecule has 31 heavy (non-hydrogen) atoms. The molecule has 3 rings (SSSR count). The van der Waals surface area contributed by atoms with Crippen LogP contribution in [0.3, 0.4) is 0 Å². The highest BCUT2D eigenvalue weighted by atomic mass is 79.9. The molecule has 0 saturated heterocycles. The number of hydrogen-bond donors (Lipinski definition) is 0. The summed E-state index contributed by atoms with van der Waals surface area (Å²) in [5.74, 6) is 2.83. The van der Waals surface area contributed by atoms with Gasteiger partial charge < -0.3 is 9.47 Å². The van der Waals surface area contributed by atoms with Gasteiger partial charge in [0, 0.05) is 4.47 Å². The van der Waals surface area contributed by atoms with Gasteiger partial charge in [-0.15, -0.1) is 0 Å². The minimum atomic E-state index is -0.362. The third-order valence-electron chi connectivity index (χ3n) is 6.32. The Kier molecular flexibility index (Phi) is 9.92. The Morgan fingerprint density at radius 2 is 1.42 bits per heavy atom. The quantitative estimate of drug-likeness (QED) is 0.182. The van der Waals surface area contributed by atoms with Crippen molar-refractivity contribution in [1.29, 1.82) is 0 Å². The van der Waals surface area contributed by atoms with Crippen molar-refractivity contribution in [3.63, 3.8) is 0 Å². The van der Waals surface area contributed by atoms with Crippen LogP contribution >= 0.6 is 15.9 Å². The lowest BCUT2D eigenvalue weighted by atomic mass is 9.78. The Morgan fingerprint density at radius 1 is 0.839 bits per heavy atom. The van der Waals surface area contributed by atoms with E-state index < -0.39 is 0 Å². The zero-order valence-electron chi connectivity index (χ0n) is 18.7. The number of halogens is 1. The maximum absolute atomic E-state index is 12.3. The maximum Gasteiger partial charge on any atom is 0.343 e. The summed E-state index contributed by atoms with van der Waals surface area (Å²) in [6, 6.07) is 14.4. The summed E-state index contributed by atoms with van der Waals surface area (Å²) in [5, 5.41) is 0. The molecule has 0 aliphatic heterocycles. The monoisotopic (exact) mass is 486 g/mol. The van der Waals surface area contributed by atoms with Crippen LogP contribution in [0.25, 0.3) is 0 Å². The molecule has 0 aromatic heterocycles. The van der Waals surface area contributed by atoms with Crippen molar-refractivity contribution in [3.05, 3.63) is 58.6 Å². The lowest BCUT2D eigenvalue weighted by Gasteiger charge is -2.28. The fourth-order valence-corrected chi connectivity index (χ4v) is 4.67. The molecule has 0 spiro atoms. The van der Waals surface area contributed by atoms with E-state index in [1.165, 1.54) is 57.8 Å². The number of hydrogen-bond acceptors (Lipinski definition) is 3. The largest absolute Gasteiger partial charge is 0.494 e. The summed E-state index contributed by atoms with van der Waals surface area (Å²) in [6.07, 6.45) is 13.6. The van der Waals surface area contributed by atoms with E-state index in [4.69, 9.17) is 9.47 Å². The van der Waals surface area contributed by atoms with Crippen molar-refractivity contribution in [1.82, 2.24) is 0 Å². The van der Waals surface area contributed by atoms with Crippen LogP contribution in [-0.2, 0) is 0 Å². The van der Waals surface area contributed by atoms with Gasteiger partial charge in [0.2, 0.25) is 0 Å². The predicted octanol–water partition coefficient (Wildman–Crippen LogP) is 8.21. The third-order valence-corrected chi connectivity index (χ3v) is 6.85. The first-order valence-corrected chi connectivity index (χ1v) is 12.6. The standard InChI is InChI=1S/C27H35BrO3/c1-2-3-4-6-21-8-10-22(11-9-21)7-5-20-30-25-16-12-23(13-17-25)27(29)31-26-18-14-24(28)15-19-26/h12-19,21-22H,2-11,20H2,1H3. The molecule has 0 bridgehead atoms. The lowest BCUT2D eigenvalue weighted by Crippen LogP contribution is -2.15. The fourth-order valence-electron chi connectivity index (χ4n) is 4.41. The zero-order valence-corrected chi connectivity index (χ0v) is 20.2. The van der Waals surface area contributed by atoms with Crippen LogP contribution in [0.4, 0.5) is 0 Å². The van der Waals surface area contributed by atoms with E-state index in [0.29, 0.717) is 11.3 Å². The average molecular weight is 487 g/mol. The molecule has 4 heteroatoms. The van der Waals surface area contributed by atoms with Crippen LogP contribution in [0.15, 0.2) is 53.0 Å². The number of rotatable bonds is 11. The van der Waals surface area contributed by atoms with Crippen molar-refractivity contribution in [2.45, 2.75) is 71.1 Å². The van der Waals surface area contributed by atoms with Crippen molar-refractivity contribution < 1.29 is 14.3 Å². The highest BCUT2D eigenvalue weighted by Gasteiger charge is 2.20. The van der Waals surface area contributed by atoms with Gasteiger partial charge in [-0.2, -0.15) is 0 Å². The van der Waals surface area contributed by atoms with Gasteiger partial charge in [0.1, 0.15) is 11.5 Å². The van der Waals surface area contributed by atoms with Crippen molar-refractivity contribution in [2.24, 2.45) is 11.8 Å². The summed E-state index contributed by atoms with van der Waals surface area (Å²) < 4.78 is 12.2. The first kappa shape index (κ1) is 23.8. The van der Waals surface area contributed by atoms with E-state index in [9.17, 15) is 4.79 Å². The van der Waals surface area contributed by atoms with Crippen LogP contribution in [0.2, 0.25) is 0 Å². The van der Waals surface area contributed by atoms with Crippen molar-refractivity contribution in [3.8, 4) is 11.5 Å². The number of esters is 1. The third kappa shape index (κ3) is 8.33. The first-order valence-electron chi connectivity index (χ1n) is 11.8. The molecule has 0 N–H and O–H groups in total. The van der Waals surface area contributed by atoms with Crippen LogP contribution in [0, 0.1) is 11.8 Å². The van der Waals surface area contributed by atoms with Gasteiger partial charge in [0.25, 0.3) is 0 Å². The second-order valence-corrected chi connectivity index (χ2v) is 9.66. The summed E-state index contributed by atoms with van der Waals surface area (Å²) in [5.41, 5.74) is 0.519. The Labute approximate surface area is 195 Å². The minimum absolute atomic E-state index is 0.362. The van der Waals surface area contributed by atoms with Crippen LogP contribution in [0.5, 0.6) is 11.5 Å². The highest BCUT2D eigenvalue weighted by molar-refractivity contribution is 9.10.